The van der Waals surface area contributed by atoms with Gasteiger partial charge < -0.3 is 19.1 Å². The lowest BCUT2D eigenvalue weighted by molar-refractivity contribution is -0.137. The predicted octanol–water partition coefficient (Wildman–Crippen LogP) is 4.09. The van der Waals surface area contributed by atoms with Gasteiger partial charge in [0.25, 0.3) is 21.8 Å². The van der Waals surface area contributed by atoms with Gasteiger partial charge in [0.15, 0.2) is 6.61 Å². The zero-order valence-corrected chi connectivity index (χ0v) is 26.1. The molecule has 0 atom stereocenters. The molecule has 46 heavy (non-hydrogen) atoms. The van der Waals surface area contributed by atoms with E-state index in [0.29, 0.717) is 43.4 Å². The summed E-state index contributed by atoms with van der Waals surface area (Å²) < 4.78 is 45.3. The van der Waals surface area contributed by atoms with Crippen molar-refractivity contribution in [3.05, 3.63) is 120 Å². The lowest BCUT2D eigenvalue weighted by Gasteiger charge is -2.26. The lowest BCUT2D eigenvalue weighted by atomic mass is 10.1. The van der Waals surface area contributed by atoms with E-state index >= 15 is 0 Å². The number of morpholine rings is 1. The number of anilines is 1. The molecule has 11 nitrogen and oxygen atoms in total. The number of hydrazone groups is 1. The molecule has 2 amide bonds. The van der Waals surface area contributed by atoms with Gasteiger partial charge in [0.1, 0.15) is 11.5 Å². The summed E-state index contributed by atoms with van der Waals surface area (Å²) in [6.45, 7) is 2.08. The molecule has 1 N–H and O–H groups in total. The van der Waals surface area contributed by atoms with Crippen molar-refractivity contribution in [2.45, 2.75) is 11.4 Å². The number of para-hydroxylation sites is 1. The molecule has 5 rings (SSSR count). The smallest absolute Gasteiger partial charge is 0.273 e. The Kier molecular flexibility index (Phi) is 10.6. The Morgan fingerprint density at radius 1 is 0.891 bits per heavy atom. The Labute approximate surface area is 268 Å². The molecule has 1 aliphatic rings. The summed E-state index contributed by atoms with van der Waals surface area (Å²) in [6.07, 6.45) is 1.46. The predicted molar refractivity (Wildman–Crippen MR) is 174 cm³/mol. The van der Waals surface area contributed by atoms with Crippen molar-refractivity contribution in [2.75, 3.05) is 44.3 Å². The third-order valence-corrected chi connectivity index (χ3v) is 8.99. The molecule has 0 radical (unpaired) electrons. The summed E-state index contributed by atoms with van der Waals surface area (Å²) in [5, 5.41) is 4.09. The van der Waals surface area contributed by atoms with E-state index in [9.17, 15) is 18.0 Å². The van der Waals surface area contributed by atoms with Crippen LogP contribution in [0.4, 0.5) is 5.69 Å². The monoisotopic (exact) mass is 642 g/mol. The second-order valence-corrected chi connectivity index (χ2v) is 12.1. The van der Waals surface area contributed by atoms with Gasteiger partial charge in [-0.15, -0.1) is 0 Å². The van der Waals surface area contributed by atoms with Crippen LogP contribution < -0.4 is 19.2 Å². The molecule has 1 heterocycles. The maximum absolute atomic E-state index is 14.0. The van der Waals surface area contributed by atoms with E-state index in [2.05, 4.69) is 10.5 Å². The average molecular weight is 643 g/mol. The fourth-order valence-electron chi connectivity index (χ4n) is 4.73. The maximum Gasteiger partial charge on any atom is 0.273 e. The quantitative estimate of drug-likeness (QED) is 0.182. The highest BCUT2D eigenvalue weighted by atomic mass is 32.2. The molecule has 1 saturated heterocycles. The number of hydrogen-bond acceptors (Lipinski definition) is 8. The molecule has 12 heteroatoms. The van der Waals surface area contributed by atoms with E-state index in [1.807, 2.05) is 30.3 Å². The minimum Gasteiger partial charge on any atom is -0.497 e. The molecule has 4 aromatic rings. The van der Waals surface area contributed by atoms with E-state index in [-0.39, 0.29) is 35.2 Å². The van der Waals surface area contributed by atoms with Crippen LogP contribution in [0, 0.1) is 0 Å². The zero-order valence-electron chi connectivity index (χ0n) is 25.2. The van der Waals surface area contributed by atoms with Crippen LogP contribution in [-0.4, -0.2) is 71.4 Å². The van der Waals surface area contributed by atoms with Crippen molar-refractivity contribution in [2.24, 2.45) is 5.10 Å². The first-order valence-electron chi connectivity index (χ1n) is 14.6. The van der Waals surface area contributed by atoms with Crippen LogP contribution in [0.2, 0.25) is 0 Å². The Balaban J connectivity index is 1.30. The SMILES string of the molecule is COc1ccc(S(=O)(=O)N(Cc2ccccc2)c2ccccc2C(=O)N/N=C\c2ccc(OCC(=O)N3CCOCC3)cc2)cc1. The first-order chi connectivity index (χ1) is 22.3. The maximum atomic E-state index is 14.0. The fourth-order valence-corrected chi connectivity index (χ4v) is 6.20. The summed E-state index contributed by atoms with van der Waals surface area (Å²) >= 11 is 0. The third kappa shape index (κ3) is 8.09. The minimum absolute atomic E-state index is 0.00473. The van der Waals surface area contributed by atoms with Crippen molar-refractivity contribution in [1.82, 2.24) is 10.3 Å². The summed E-state index contributed by atoms with van der Waals surface area (Å²) in [7, 11) is -2.60. The number of carbonyl (C=O) groups is 2. The number of benzene rings is 4. The summed E-state index contributed by atoms with van der Waals surface area (Å²) in [5.74, 6) is 0.355. The van der Waals surface area contributed by atoms with E-state index in [0.717, 1.165) is 5.56 Å². The van der Waals surface area contributed by atoms with Crippen molar-refractivity contribution in [3.63, 3.8) is 0 Å². The molecule has 4 aromatic carbocycles. The molecule has 0 saturated carbocycles. The first kappa shape index (κ1) is 32.2. The van der Waals surface area contributed by atoms with Gasteiger partial charge in [0, 0.05) is 13.1 Å². The van der Waals surface area contributed by atoms with Gasteiger partial charge in [0.2, 0.25) is 0 Å². The van der Waals surface area contributed by atoms with Crippen LogP contribution in [0.15, 0.2) is 113 Å². The van der Waals surface area contributed by atoms with Crippen LogP contribution in [0.5, 0.6) is 11.5 Å². The van der Waals surface area contributed by atoms with Crippen LogP contribution >= 0.6 is 0 Å². The molecule has 0 aliphatic carbocycles. The van der Waals surface area contributed by atoms with Gasteiger partial charge in [0.05, 0.1) is 49.2 Å². The minimum atomic E-state index is -4.10. The van der Waals surface area contributed by atoms with E-state index in [4.69, 9.17) is 14.2 Å². The van der Waals surface area contributed by atoms with Gasteiger partial charge >= 0.3 is 0 Å². The molecule has 1 aliphatic heterocycles. The van der Waals surface area contributed by atoms with Crippen molar-refractivity contribution in [3.8, 4) is 11.5 Å². The van der Waals surface area contributed by atoms with Gasteiger partial charge in [-0.05, 0) is 71.8 Å². The number of carbonyl (C=O) groups excluding carboxylic acids is 2. The number of amides is 2. The van der Waals surface area contributed by atoms with Gasteiger partial charge in [-0.25, -0.2) is 13.8 Å². The van der Waals surface area contributed by atoms with Gasteiger partial charge in [-0.2, -0.15) is 5.10 Å². The highest BCUT2D eigenvalue weighted by Gasteiger charge is 2.29. The van der Waals surface area contributed by atoms with Crippen molar-refractivity contribution < 1.29 is 32.2 Å². The van der Waals surface area contributed by atoms with Crippen LogP contribution in [-0.2, 0) is 26.1 Å². The van der Waals surface area contributed by atoms with Crippen LogP contribution in [0.25, 0.3) is 0 Å². The second-order valence-electron chi connectivity index (χ2n) is 10.2. The molecule has 0 bridgehead atoms. The highest BCUT2D eigenvalue weighted by Crippen LogP contribution is 2.30. The van der Waals surface area contributed by atoms with Gasteiger partial charge in [-0.1, -0.05) is 42.5 Å². The topological polar surface area (TPSA) is 127 Å². The molecular formula is C34H34N4O7S. The number of sulfonamides is 1. The molecule has 1 fully saturated rings. The van der Waals surface area contributed by atoms with Gasteiger partial charge in [-0.3, -0.25) is 13.9 Å². The molecule has 0 aromatic heterocycles. The van der Waals surface area contributed by atoms with E-state index in [1.54, 1.807) is 65.6 Å². The summed E-state index contributed by atoms with van der Waals surface area (Å²) in [6, 6.07) is 28.6. The Hall–Kier alpha value is -5.20. The second kappa shape index (κ2) is 15.2. The molecule has 0 unspecified atom stereocenters. The number of ether oxygens (including phenoxy) is 3. The van der Waals surface area contributed by atoms with E-state index < -0.39 is 15.9 Å². The Morgan fingerprint density at radius 2 is 1.54 bits per heavy atom. The summed E-state index contributed by atoms with van der Waals surface area (Å²) in [4.78, 5) is 27.4. The van der Waals surface area contributed by atoms with Crippen molar-refractivity contribution >= 4 is 33.7 Å². The Morgan fingerprint density at radius 3 is 2.24 bits per heavy atom. The third-order valence-electron chi connectivity index (χ3n) is 7.22. The average Bonchev–Trinajstić information content (AvgIpc) is 3.11. The summed E-state index contributed by atoms with van der Waals surface area (Å²) in [5.41, 5.74) is 4.24. The van der Waals surface area contributed by atoms with Crippen LogP contribution in [0.1, 0.15) is 21.5 Å². The number of nitrogens with zero attached hydrogens (tertiary/aromatic N) is 3. The fraction of sp³-hybridized carbons (Fsp3) is 0.206. The lowest BCUT2D eigenvalue weighted by Crippen LogP contribution is -2.42. The number of methoxy groups -OCH3 is 1. The standard InChI is InChI=1S/C34H34N4O7S/c1-43-28-15-17-30(18-16-28)46(41,42)38(24-27-7-3-2-4-8-27)32-10-6-5-9-31(32)34(40)36-35-23-26-11-13-29(14-12-26)45-25-33(39)37-19-21-44-22-20-37/h2-18,23H,19-22,24-25H2,1H3,(H,36,40)/b35-23-. The highest BCUT2D eigenvalue weighted by molar-refractivity contribution is 7.92. The molecule has 238 valence electrons. The zero-order chi connectivity index (χ0) is 32.4. The normalized spacial score (nSPS) is 13.3. The van der Waals surface area contributed by atoms with E-state index in [1.165, 1.54) is 29.8 Å². The van der Waals surface area contributed by atoms with Crippen molar-refractivity contribution in [1.29, 1.82) is 0 Å². The number of hydrogen-bond donors (Lipinski definition) is 1. The Bertz CT molecular complexity index is 1760. The number of nitrogens with one attached hydrogen (secondary N) is 1. The largest absolute Gasteiger partial charge is 0.497 e. The molecule has 0 spiro atoms. The number of rotatable bonds is 12. The molecular weight excluding hydrogens is 608 g/mol. The van der Waals surface area contributed by atoms with Crippen LogP contribution in [0.3, 0.4) is 0 Å². The first-order valence-corrected chi connectivity index (χ1v) is 16.0.